The van der Waals surface area contributed by atoms with Crippen LogP contribution in [0.4, 0.5) is 0 Å². The fraction of sp³-hybridized carbons (Fsp3) is 0.786. The number of allylic oxidation sites excluding steroid dienone is 13. The third kappa shape index (κ3) is 63.1. The number of aliphatic hydroxyl groups excluding tert-OH is 1. The van der Waals surface area contributed by atoms with Crippen molar-refractivity contribution in [1.82, 2.24) is 5.32 Å². The third-order valence-electron chi connectivity index (χ3n) is 14.8. The van der Waals surface area contributed by atoms with E-state index in [1.807, 2.05) is 27.2 Å². The summed E-state index contributed by atoms with van der Waals surface area (Å²) >= 11 is 0. The topological polar surface area (TPSA) is 108 Å². The van der Waals surface area contributed by atoms with Gasteiger partial charge in [0.15, 0.2) is 0 Å². The van der Waals surface area contributed by atoms with Crippen LogP contribution in [0.5, 0.6) is 0 Å². The van der Waals surface area contributed by atoms with Gasteiger partial charge < -0.3 is 28.8 Å². The van der Waals surface area contributed by atoms with Crippen LogP contribution in [0.3, 0.4) is 0 Å². The minimum Gasteiger partial charge on any atom is -0.756 e. The molecule has 0 aromatic rings. The maximum atomic E-state index is 13.0. The van der Waals surface area contributed by atoms with Gasteiger partial charge in [0.1, 0.15) is 13.2 Å². The molecule has 2 N–H and O–H groups in total. The number of quaternary nitrogens is 1. The van der Waals surface area contributed by atoms with Gasteiger partial charge in [-0.15, -0.1) is 0 Å². The lowest BCUT2D eigenvalue weighted by atomic mass is 10.0. The van der Waals surface area contributed by atoms with Crippen LogP contribution in [0.1, 0.15) is 303 Å². The molecule has 0 aromatic heterocycles. The summed E-state index contributed by atoms with van der Waals surface area (Å²) < 4.78 is 23.4. The number of phosphoric acid groups is 1. The summed E-state index contributed by atoms with van der Waals surface area (Å²) in [4.78, 5) is 25.6. The Morgan fingerprint density at radius 2 is 0.785 bits per heavy atom. The van der Waals surface area contributed by atoms with Crippen LogP contribution in [-0.2, 0) is 18.4 Å². The fourth-order valence-corrected chi connectivity index (χ4v) is 10.4. The Kier molecular flexibility index (Phi) is 58.5. The van der Waals surface area contributed by atoms with E-state index in [4.69, 9.17) is 9.05 Å². The molecule has 460 valence electrons. The Morgan fingerprint density at radius 1 is 0.456 bits per heavy atom. The third-order valence-corrected chi connectivity index (χ3v) is 15.8. The molecular weight excluding hydrogens is 996 g/mol. The zero-order valence-electron chi connectivity index (χ0n) is 52.6. The van der Waals surface area contributed by atoms with Gasteiger partial charge in [-0.3, -0.25) is 9.36 Å². The van der Waals surface area contributed by atoms with Crippen molar-refractivity contribution in [3.8, 4) is 0 Å². The lowest BCUT2D eigenvalue weighted by molar-refractivity contribution is -0.870. The van der Waals surface area contributed by atoms with Crippen molar-refractivity contribution >= 4 is 13.7 Å². The minimum absolute atomic E-state index is 0.00738. The number of unbranched alkanes of at least 4 members (excludes halogenated alkanes) is 36. The monoisotopic (exact) mass is 1120 g/mol. The molecule has 1 amide bonds. The average Bonchev–Trinajstić information content (AvgIpc) is 3.42. The molecule has 0 radical (unpaired) electrons. The molecule has 0 aliphatic carbocycles. The summed E-state index contributed by atoms with van der Waals surface area (Å²) in [5.74, 6) is -0.204. The van der Waals surface area contributed by atoms with Crippen molar-refractivity contribution in [2.45, 2.75) is 315 Å². The number of carbonyl (C=O) groups is 1. The summed E-state index contributed by atoms with van der Waals surface area (Å²) in [5, 5.41) is 13.9. The molecule has 0 spiro atoms. The summed E-state index contributed by atoms with van der Waals surface area (Å²) in [5.41, 5.74) is 0. The first kappa shape index (κ1) is 76.7. The largest absolute Gasteiger partial charge is 0.756 e. The van der Waals surface area contributed by atoms with Crippen molar-refractivity contribution in [3.05, 3.63) is 85.1 Å². The Bertz CT molecular complexity index is 1560. The van der Waals surface area contributed by atoms with Crippen LogP contribution in [-0.4, -0.2) is 68.5 Å². The first-order valence-electron chi connectivity index (χ1n) is 33.4. The van der Waals surface area contributed by atoms with E-state index >= 15 is 0 Å². The summed E-state index contributed by atoms with van der Waals surface area (Å²) in [6.07, 6.45) is 85.5. The Morgan fingerprint density at radius 3 is 1.18 bits per heavy atom. The van der Waals surface area contributed by atoms with Gasteiger partial charge in [-0.25, -0.2) is 0 Å². The van der Waals surface area contributed by atoms with E-state index in [9.17, 15) is 19.4 Å². The van der Waals surface area contributed by atoms with E-state index < -0.39 is 26.6 Å². The first-order valence-corrected chi connectivity index (χ1v) is 34.9. The van der Waals surface area contributed by atoms with Crippen LogP contribution >= 0.6 is 7.82 Å². The zero-order chi connectivity index (χ0) is 57.7. The van der Waals surface area contributed by atoms with Crippen LogP contribution in [0.25, 0.3) is 0 Å². The molecule has 0 bridgehead atoms. The zero-order valence-corrected chi connectivity index (χ0v) is 53.5. The van der Waals surface area contributed by atoms with Gasteiger partial charge >= 0.3 is 0 Å². The predicted molar refractivity (Wildman–Crippen MR) is 343 cm³/mol. The van der Waals surface area contributed by atoms with E-state index in [2.05, 4.69) is 92.1 Å². The number of aliphatic hydroxyl groups is 1. The van der Waals surface area contributed by atoms with E-state index in [1.165, 1.54) is 212 Å². The quantitative estimate of drug-likeness (QED) is 0.0272. The highest BCUT2D eigenvalue weighted by Gasteiger charge is 2.23. The maximum absolute atomic E-state index is 13.0. The number of hydrogen-bond acceptors (Lipinski definition) is 6. The van der Waals surface area contributed by atoms with Crippen LogP contribution in [0.15, 0.2) is 85.1 Å². The fourth-order valence-electron chi connectivity index (χ4n) is 9.67. The number of amides is 1. The number of phosphoric ester groups is 1. The number of rotatable bonds is 61. The summed E-state index contributed by atoms with van der Waals surface area (Å²) in [6, 6.07) is -0.907. The molecule has 8 nitrogen and oxygen atoms in total. The molecule has 0 aliphatic rings. The SMILES string of the molecule is CC/C=C\C/C=C\C/C=C\C/C=C\C/C=C\CCCCCCCCCCCCCCCCCCCCCC(=O)NC(COP(=O)([O-])OCC[N+](C)(C)C)C(O)/C=C/CC/C=C/CCCCCCCCCCCCCCCCCC. The lowest BCUT2D eigenvalue weighted by Crippen LogP contribution is -2.45. The predicted octanol–water partition coefficient (Wildman–Crippen LogP) is 20.5. The van der Waals surface area contributed by atoms with E-state index in [0.29, 0.717) is 17.4 Å². The smallest absolute Gasteiger partial charge is 0.268 e. The van der Waals surface area contributed by atoms with E-state index in [0.717, 1.165) is 70.6 Å². The molecule has 0 aromatic carbocycles. The Hall–Kier alpha value is -2.32. The number of nitrogens with zero attached hydrogens (tertiary/aromatic N) is 1. The molecule has 0 saturated heterocycles. The highest BCUT2D eigenvalue weighted by Crippen LogP contribution is 2.38. The molecule has 79 heavy (non-hydrogen) atoms. The van der Waals surface area contributed by atoms with Crippen molar-refractivity contribution in [2.24, 2.45) is 0 Å². The van der Waals surface area contributed by atoms with Gasteiger partial charge in [-0.1, -0.05) is 304 Å². The van der Waals surface area contributed by atoms with Crippen molar-refractivity contribution in [2.75, 3.05) is 40.9 Å². The number of likely N-dealkylation sites (N-methyl/N-ethyl adjacent to an activating group) is 1. The summed E-state index contributed by atoms with van der Waals surface area (Å²) in [6.45, 7) is 4.55. The molecule has 3 atom stereocenters. The Labute approximate surface area is 490 Å². The number of carbonyl (C=O) groups excluding carboxylic acids is 1. The molecule has 3 unspecified atom stereocenters. The summed E-state index contributed by atoms with van der Waals surface area (Å²) in [7, 11) is 1.25. The van der Waals surface area contributed by atoms with E-state index in [1.54, 1.807) is 6.08 Å². The molecule has 0 aliphatic heterocycles. The highest BCUT2D eigenvalue weighted by molar-refractivity contribution is 7.45. The lowest BCUT2D eigenvalue weighted by Gasteiger charge is -2.29. The molecule has 0 rings (SSSR count). The molecule has 9 heteroatoms. The second-order valence-corrected chi connectivity index (χ2v) is 25.2. The van der Waals surface area contributed by atoms with Gasteiger partial charge in [-0.05, 0) is 77.0 Å². The Balaban J connectivity index is 4.08. The number of hydrogen-bond donors (Lipinski definition) is 2. The standard InChI is InChI=1S/C70H129N2O6P/c1-6-8-10-12-14-16-18-20-22-24-26-28-30-31-32-33-34-35-36-37-38-39-40-41-42-44-46-48-50-52-54-56-58-60-62-64-70(74)71-68(67-78-79(75,76)77-66-65-72(3,4)5)69(73)63-61-59-57-55-53-51-49-47-45-43-29-27-25-23-21-19-17-15-13-11-9-7-2/h8,10,14,16,20,22,26,28,31-32,53,55,61,63,68-69,73H,6-7,9,11-13,15,17-19,21,23-25,27,29-30,33-52,54,56-60,62,64-67H2,1-5H3,(H-,71,74,75,76)/b10-8-,16-14-,22-20-,28-26-,32-31-,55-53+,63-61+. The van der Waals surface area contributed by atoms with Crippen LogP contribution < -0.4 is 10.2 Å². The molecule has 0 heterocycles. The molecule has 0 saturated carbocycles. The van der Waals surface area contributed by atoms with E-state index in [-0.39, 0.29) is 12.5 Å². The number of nitrogens with one attached hydrogen (secondary N) is 1. The minimum atomic E-state index is -4.61. The van der Waals surface area contributed by atoms with Crippen molar-refractivity contribution in [1.29, 1.82) is 0 Å². The van der Waals surface area contributed by atoms with Crippen molar-refractivity contribution < 1.29 is 32.9 Å². The highest BCUT2D eigenvalue weighted by atomic mass is 31.2. The molecule has 0 fully saturated rings. The average molecular weight is 1130 g/mol. The van der Waals surface area contributed by atoms with Gasteiger partial charge in [-0.2, -0.15) is 0 Å². The second kappa shape index (κ2) is 60.3. The normalized spacial score (nSPS) is 14.3. The van der Waals surface area contributed by atoms with Gasteiger partial charge in [0.25, 0.3) is 7.82 Å². The van der Waals surface area contributed by atoms with Gasteiger partial charge in [0.05, 0.1) is 39.9 Å². The molecular formula is C70H129N2O6P. The second-order valence-electron chi connectivity index (χ2n) is 23.8. The van der Waals surface area contributed by atoms with Crippen LogP contribution in [0, 0.1) is 0 Å². The first-order chi connectivity index (χ1) is 38.5. The van der Waals surface area contributed by atoms with Crippen LogP contribution in [0.2, 0.25) is 0 Å². The van der Waals surface area contributed by atoms with Gasteiger partial charge in [0.2, 0.25) is 5.91 Å². The van der Waals surface area contributed by atoms with Gasteiger partial charge in [0, 0.05) is 6.42 Å². The maximum Gasteiger partial charge on any atom is 0.268 e. The van der Waals surface area contributed by atoms with Crippen molar-refractivity contribution in [3.63, 3.8) is 0 Å².